The number of aromatic nitrogens is 2. The highest BCUT2D eigenvalue weighted by Crippen LogP contribution is 2.31. The minimum Gasteiger partial charge on any atom is -0.363 e. The maximum absolute atomic E-state index is 11.5. The van der Waals surface area contributed by atoms with E-state index in [1.54, 1.807) is 0 Å². The van der Waals surface area contributed by atoms with Gasteiger partial charge in [-0.2, -0.15) is 10.5 Å². The van der Waals surface area contributed by atoms with Crippen LogP contribution in [0.1, 0.15) is 19.3 Å². The van der Waals surface area contributed by atoms with E-state index in [0.717, 1.165) is 19.6 Å². The van der Waals surface area contributed by atoms with E-state index in [9.17, 15) is 10.1 Å². The number of anilines is 2. The van der Waals surface area contributed by atoms with Crippen LogP contribution in [0.4, 0.5) is 17.3 Å². The van der Waals surface area contributed by atoms with E-state index >= 15 is 0 Å². The van der Waals surface area contributed by atoms with E-state index in [1.165, 1.54) is 30.5 Å². The van der Waals surface area contributed by atoms with Gasteiger partial charge in [-0.3, -0.25) is 10.1 Å². The predicted molar refractivity (Wildman–Crippen MR) is 90.9 cm³/mol. The van der Waals surface area contributed by atoms with Crippen molar-refractivity contribution >= 4 is 17.3 Å². The second-order valence-corrected chi connectivity index (χ2v) is 5.65. The molecule has 2 rings (SSSR count). The lowest BCUT2D eigenvalue weighted by molar-refractivity contribution is -0.383. The van der Waals surface area contributed by atoms with E-state index in [-0.39, 0.29) is 30.4 Å². The Balaban J connectivity index is 2.14. The van der Waals surface area contributed by atoms with Crippen molar-refractivity contribution in [2.75, 3.05) is 49.5 Å². The molecule has 25 heavy (non-hydrogen) atoms. The molecule has 1 fully saturated rings. The SMILES string of the molecule is N#CCN(CC#N)c1ncnc(NCCN2CCCCC2)c1[N+](=O)[O-]. The van der Waals surface area contributed by atoms with Gasteiger partial charge in [-0.05, 0) is 25.9 Å². The Hall–Kier alpha value is -2.98. The molecule has 10 heteroatoms. The third kappa shape index (κ3) is 4.99. The molecule has 0 saturated carbocycles. The molecule has 0 amide bonds. The lowest BCUT2D eigenvalue weighted by Gasteiger charge is -2.26. The molecule has 0 atom stereocenters. The largest absolute Gasteiger partial charge is 0.363 e. The molecule has 10 nitrogen and oxygen atoms in total. The molecule has 0 aliphatic carbocycles. The fourth-order valence-corrected chi connectivity index (χ4v) is 2.79. The molecule has 0 spiro atoms. The summed E-state index contributed by atoms with van der Waals surface area (Å²) < 4.78 is 0. The van der Waals surface area contributed by atoms with Gasteiger partial charge in [0.05, 0.1) is 17.1 Å². The summed E-state index contributed by atoms with van der Waals surface area (Å²) in [7, 11) is 0. The highest BCUT2D eigenvalue weighted by molar-refractivity contribution is 5.70. The van der Waals surface area contributed by atoms with E-state index in [2.05, 4.69) is 20.2 Å². The minimum atomic E-state index is -0.583. The summed E-state index contributed by atoms with van der Waals surface area (Å²) in [4.78, 5) is 22.4. The minimum absolute atomic E-state index is 0.0245. The Morgan fingerprint density at radius 1 is 1.24 bits per heavy atom. The van der Waals surface area contributed by atoms with Gasteiger partial charge in [0.15, 0.2) is 0 Å². The normalized spacial score (nSPS) is 14.3. The topological polar surface area (TPSA) is 135 Å². The van der Waals surface area contributed by atoms with Crippen molar-refractivity contribution < 1.29 is 4.92 Å². The van der Waals surface area contributed by atoms with Crippen molar-refractivity contribution in [1.82, 2.24) is 14.9 Å². The Labute approximate surface area is 145 Å². The summed E-state index contributed by atoms with van der Waals surface area (Å²) in [6.07, 6.45) is 4.80. The number of likely N-dealkylation sites (tertiary alicyclic amines) is 1. The second-order valence-electron chi connectivity index (χ2n) is 5.65. The summed E-state index contributed by atoms with van der Waals surface area (Å²) in [5.74, 6) is 0.0801. The van der Waals surface area contributed by atoms with Crippen molar-refractivity contribution in [2.24, 2.45) is 0 Å². The number of nitrogens with one attached hydrogen (secondary N) is 1. The van der Waals surface area contributed by atoms with Gasteiger partial charge in [-0.25, -0.2) is 9.97 Å². The zero-order valence-corrected chi connectivity index (χ0v) is 13.9. The van der Waals surface area contributed by atoms with Crippen molar-refractivity contribution in [2.45, 2.75) is 19.3 Å². The summed E-state index contributed by atoms with van der Waals surface area (Å²) in [5.41, 5.74) is -0.313. The lowest BCUT2D eigenvalue weighted by atomic mass is 10.1. The zero-order valence-electron chi connectivity index (χ0n) is 13.9. The first-order chi connectivity index (χ1) is 12.2. The average molecular weight is 344 g/mol. The molecule has 132 valence electrons. The molecular formula is C15H20N8O2. The van der Waals surface area contributed by atoms with Crippen LogP contribution in [0.5, 0.6) is 0 Å². The first kappa shape index (κ1) is 18.4. The van der Waals surface area contributed by atoms with Crippen LogP contribution in [0.25, 0.3) is 0 Å². The van der Waals surface area contributed by atoms with Gasteiger partial charge in [0, 0.05) is 13.1 Å². The molecule has 1 aromatic rings. The van der Waals surface area contributed by atoms with E-state index in [4.69, 9.17) is 10.5 Å². The van der Waals surface area contributed by atoms with Gasteiger partial charge in [0.1, 0.15) is 19.4 Å². The molecule has 0 aromatic carbocycles. The van der Waals surface area contributed by atoms with E-state index in [1.807, 2.05) is 12.1 Å². The first-order valence-electron chi connectivity index (χ1n) is 8.11. The molecule has 2 heterocycles. The molecule has 0 radical (unpaired) electrons. The van der Waals surface area contributed by atoms with Crippen LogP contribution in [0.15, 0.2) is 6.33 Å². The third-order valence-electron chi connectivity index (χ3n) is 3.98. The maximum Gasteiger partial charge on any atom is 0.353 e. The maximum atomic E-state index is 11.5. The van der Waals surface area contributed by atoms with Gasteiger partial charge in [0.25, 0.3) is 0 Å². The third-order valence-corrected chi connectivity index (χ3v) is 3.98. The fraction of sp³-hybridized carbons (Fsp3) is 0.600. The van der Waals surface area contributed by atoms with Gasteiger partial charge in [0.2, 0.25) is 11.6 Å². The number of hydrogen-bond acceptors (Lipinski definition) is 9. The van der Waals surface area contributed by atoms with Gasteiger partial charge < -0.3 is 15.1 Å². The smallest absolute Gasteiger partial charge is 0.353 e. The molecular weight excluding hydrogens is 324 g/mol. The van der Waals surface area contributed by atoms with Crippen LogP contribution >= 0.6 is 0 Å². The van der Waals surface area contributed by atoms with Crippen LogP contribution in [0, 0.1) is 32.8 Å². The number of rotatable bonds is 8. The number of piperidine rings is 1. The molecule has 1 aromatic heterocycles. The van der Waals surface area contributed by atoms with Crippen molar-refractivity contribution in [1.29, 1.82) is 10.5 Å². The quantitative estimate of drug-likeness (QED) is 0.418. The summed E-state index contributed by atoms with van der Waals surface area (Å²) in [6.45, 7) is 3.04. The molecule has 0 unspecified atom stereocenters. The Morgan fingerprint density at radius 3 is 2.52 bits per heavy atom. The van der Waals surface area contributed by atoms with E-state index < -0.39 is 4.92 Å². The number of nitriles is 2. The fourth-order valence-electron chi connectivity index (χ4n) is 2.79. The van der Waals surface area contributed by atoms with Gasteiger partial charge in [-0.15, -0.1) is 0 Å². The molecule has 0 bridgehead atoms. The number of nitro groups is 1. The standard InChI is InChI=1S/C15H20N8O2/c16-4-9-22(10-5-17)15-13(23(24)25)14(19-12-20-15)18-6-11-21-7-2-1-3-8-21/h12H,1-3,6-11H2,(H,18,19,20). The lowest BCUT2D eigenvalue weighted by Crippen LogP contribution is -2.34. The number of nitrogens with zero attached hydrogens (tertiary/aromatic N) is 7. The summed E-state index contributed by atoms with van der Waals surface area (Å²) in [5, 5.41) is 32.2. The molecule has 1 aliphatic rings. The van der Waals surface area contributed by atoms with Gasteiger partial charge in [-0.1, -0.05) is 6.42 Å². The monoisotopic (exact) mass is 344 g/mol. The first-order valence-corrected chi connectivity index (χ1v) is 8.11. The molecule has 1 aliphatic heterocycles. The predicted octanol–water partition coefficient (Wildman–Crippen LogP) is 1.14. The Kier molecular flexibility index (Phi) is 6.87. The summed E-state index contributed by atoms with van der Waals surface area (Å²) in [6, 6.07) is 3.78. The van der Waals surface area contributed by atoms with E-state index in [0.29, 0.717) is 6.54 Å². The average Bonchev–Trinajstić information content (AvgIpc) is 2.62. The van der Waals surface area contributed by atoms with Crippen LogP contribution in [0.2, 0.25) is 0 Å². The van der Waals surface area contributed by atoms with Gasteiger partial charge >= 0.3 is 5.69 Å². The van der Waals surface area contributed by atoms with Crippen LogP contribution < -0.4 is 10.2 Å². The number of hydrogen-bond donors (Lipinski definition) is 1. The zero-order chi connectivity index (χ0) is 18.1. The highest BCUT2D eigenvalue weighted by atomic mass is 16.6. The van der Waals surface area contributed by atoms with Crippen LogP contribution in [-0.2, 0) is 0 Å². The van der Waals surface area contributed by atoms with Crippen molar-refractivity contribution in [3.05, 3.63) is 16.4 Å². The van der Waals surface area contributed by atoms with Crippen molar-refractivity contribution in [3.63, 3.8) is 0 Å². The Bertz CT molecular complexity index is 659. The van der Waals surface area contributed by atoms with Crippen molar-refractivity contribution in [3.8, 4) is 12.1 Å². The summed E-state index contributed by atoms with van der Waals surface area (Å²) >= 11 is 0. The second kappa shape index (κ2) is 9.35. The van der Waals surface area contributed by atoms with Crippen LogP contribution in [-0.4, -0.2) is 59.1 Å². The molecule has 1 saturated heterocycles. The Morgan fingerprint density at radius 2 is 1.92 bits per heavy atom. The van der Waals surface area contributed by atoms with Crippen LogP contribution in [0.3, 0.4) is 0 Å². The highest BCUT2D eigenvalue weighted by Gasteiger charge is 2.27. The molecule has 1 N–H and O–H groups in total.